The Labute approximate surface area is 150 Å². The molecule has 1 aliphatic carbocycles. The number of hydrogen-bond donors (Lipinski definition) is 0. The van der Waals surface area contributed by atoms with Crippen LogP contribution in [0.25, 0.3) is 0 Å². The molecule has 0 saturated heterocycles. The summed E-state index contributed by atoms with van der Waals surface area (Å²) in [5.41, 5.74) is -0.404. The monoisotopic (exact) mass is 396 g/mol. The van der Waals surface area contributed by atoms with Crippen LogP contribution < -0.4 is 4.74 Å². The summed E-state index contributed by atoms with van der Waals surface area (Å²) in [6.07, 6.45) is 0.554. The van der Waals surface area contributed by atoms with Gasteiger partial charge in [-0.3, -0.25) is 10.1 Å². The molecule has 1 aromatic carbocycles. The van der Waals surface area contributed by atoms with Crippen molar-refractivity contribution in [2.24, 2.45) is 5.92 Å². The van der Waals surface area contributed by atoms with E-state index in [9.17, 15) is 18.5 Å². The molecule has 7 nitrogen and oxygen atoms in total. The van der Waals surface area contributed by atoms with Gasteiger partial charge in [-0.2, -0.15) is 4.31 Å². The van der Waals surface area contributed by atoms with Crippen molar-refractivity contribution >= 4 is 38.9 Å². The Bertz CT molecular complexity index is 735. The molecule has 1 saturated carbocycles. The molecule has 0 heterocycles. The molecule has 0 amide bonds. The van der Waals surface area contributed by atoms with Crippen LogP contribution in [0.5, 0.6) is 5.75 Å². The molecule has 1 aromatic rings. The van der Waals surface area contributed by atoms with Gasteiger partial charge in [-0.05, 0) is 18.6 Å². The zero-order valence-electron chi connectivity index (χ0n) is 13.2. The van der Waals surface area contributed by atoms with Crippen molar-refractivity contribution in [3.05, 3.63) is 28.3 Å². The predicted molar refractivity (Wildman–Crippen MR) is 91.2 cm³/mol. The first-order valence-corrected chi connectivity index (χ1v) is 9.62. The Morgan fingerprint density at radius 1 is 1.38 bits per heavy atom. The van der Waals surface area contributed by atoms with Gasteiger partial charge in [-0.15, -0.1) is 23.2 Å². The van der Waals surface area contributed by atoms with Gasteiger partial charge in [0, 0.05) is 25.1 Å². The average Bonchev–Trinajstić information content (AvgIpc) is 3.13. The smallest absolute Gasteiger partial charge is 0.312 e. The number of nitro benzene ring substituents is 1. The number of benzene rings is 1. The highest BCUT2D eigenvalue weighted by molar-refractivity contribution is 7.89. The second-order valence-corrected chi connectivity index (χ2v) is 8.93. The molecule has 0 aliphatic heterocycles. The number of alkyl halides is 2. The summed E-state index contributed by atoms with van der Waals surface area (Å²) in [6, 6.07) is 3.61. The molecule has 0 spiro atoms. The molecule has 1 aliphatic rings. The maximum absolute atomic E-state index is 12.5. The van der Waals surface area contributed by atoms with E-state index in [1.165, 1.54) is 16.4 Å². The maximum atomic E-state index is 12.5. The lowest BCUT2D eigenvalue weighted by Crippen LogP contribution is -2.30. The Balaban J connectivity index is 2.28. The van der Waals surface area contributed by atoms with E-state index >= 15 is 0 Å². The highest BCUT2D eigenvalue weighted by atomic mass is 35.5. The zero-order chi connectivity index (χ0) is 18.1. The van der Waals surface area contributed by atoms with E-state index in [-0.39, 0.29) is 36.3 Å². The number of rotatable bonds is 8. The van der Waals surface area contributed by atoms with Crippen LogP contribution >= 0.6 is 23.2 Å². The quantitative estimate of drug-likeness (QED) is 0.382. The van der Waals surface area contributed by atoms with Crippen molar-refractivity contribution in [2.45, 2.75) is 29.5 Å². The highest BCUT2D eigenvalue weighted by Gasteiger charge is 2.52. The van der Waals surface area contributed by atoms with Crippen molar-refractivity contribution in [1.82, 2.24) is 4.31 Å². The van der Waals surface area contributed by atoms with E-state index in [0.717, 1.165) is 6.07 Å². The first-order chi connectivity index (χ1) is 11.1. The number of nitrogens with zero attached hydrogens (tertiary/aromatic N) is 2. The number of hydrogen-bond acceptors (Lipinski definition) is 5. The number of sulfonamides is 1. The van der Waals surface area contributed by atoms with Gasteiger partial charge in [0.1, 0.15) is 4.33 Å². The van der Waals surface area contributed by atoms with Crippen LogP contribution in [-0.4, -0.2) is 41.7 Å². The van der Waals surface area contributed by atoms with Crippen molar-refractivity contribution in [3.8, 4) is 5.75 Å². The fourth-order valence-corrected chi connectivity index (χ4v) is 4.25. The van der Waals surface area contributed by atoms with Gasteiger partial charge in [-0.25, -0.2) is 8.42 Å². The molecule has 0 radical (unpaired) electrons. The van der Waals surface area contributed by atoms with E-state index in [1.54, 1.807) is 13.8 Å². The number of ether oxygens (including phenoxy) is 1. The van der Waals surface area contributed by atoms with Crippen LogP contribution in [0, 0.1) is 16.0 Å². The minimum atomic E-state index is -3.78. The fraction of sp³-hybridized carbons (Fsp3) is 0.571. The van der Waals surface area contributed by atoms with Crippen molar-refractivity contribution in [2.75, 3.05) is 19.7 Å². The van der Waals surface area contributed by atoms with E-state index in [4.69, 9.17) is 27.9 Å². The Morgan fingerprint density at radius 3 is 2.42 bits per heavy atom. The summed E-state index contributed by atoms with van der Waals surface area (Å²) in [4.78, 5) is 10.5. The minimum Gasteiger partial charge on any atom is -0.486 e. The van der Waals surface area contributed by atoms with Crippen LogP contribution in [-0.2, 0) is 10.0 Å². The standard InChI is InChI=1S/C14H18Cl2N2O5S/c1-3-17(4-2)24(21,22)11-5-6-13(12(7-11)18(19)20)23-9-10-8-14(10,15)16/h5-7,10H,3-4,8-9H2,1-2H3/t10-/m1/s1. The van der Waals surface area contributed by atoms with Gasteiger partial charge in [0.15, 0.2) is 5.75 Å². The highest BCUT2D eigenvalue weighted by Crippen LogP contribution is 2.53. The molecule has 1 atom stereocenters. The normalized spacial score (nSPS) is 19.3. The third kappa shape index (κ3) is 3.93. The van der Waals surface area contributed by atoms with Gasteiger partial charge >= 0.3 is 5.69 Å². The second kappa shape index (κ2) is 7.03. The molecule has 134 valence electrons. The molecular weight excluding hydrogens is 379 g/mol. The van der Waals surface area contributed by atoms with Gasteiger partial charge in [0.2, 0.25) is 10.0 Å². The SMILES string of the molecule is CCN(CC)S(=O)(=O)c1ccc(OC[C@H]2CC2(Cl)Cl)c([N+](=O)[O-])c1. The van der Waals surface area contributed by atoms with E-state index in [1.807, 2.05) is 0 Å². The van der Waals surface area contributed by atoms with Crippen LogP contribution in [0.4, 0.5) is 5.69 Å². The number of nitro groups is 1. The molecular formula is C14H18Cl2N2O5S. The summed E-state index contributed by atoms with van der Waals surface area (Å²) in [5, 5.41) is 11.3. The van der Waals surface area contributed by atoms with E-state index < -0.39 is 25.0 Å². The van der Waals surface area contributed by atoms with Crippen molar-refractivity contribution < 1.29 is 18.1 Å². The van der Waals surface area contributed by atoms with Crippen LogP contribution in [0.15, 0.2) is 23.1 Å². The van der Waals surface area contributed by atoms with Crippen LogP contribution in [0.1, 0.15) is 20.3 Å². The summed E-state index contributed by atoms with van der Waals surface area (Å²) in [6.45, 7) is 4.09. The third-order valence-corrected chi connectivity index (χ3v) is 6.84. The topological polar surface area (TPSA) is 89.8 Å². The molecule has 0 N–H and O–H groups in total. The Hall–Kier alpha value is -1.09. The number of halogens is 2. The lowest BCUT2D eigenvalue weighted by molar-refractivity contribution is -0.386. The van der Waals surface area contributed by atoms with Gasteiger partial charge in [0.05, 0.1) is 16.4 Å². The zero-order valence-corrected chi connectivity index (χ0v) is 15.6. The summed E-state index contributed by atoms with van der Waals surface area (Å²) < 4.78 is 30.7. The van der Waals surface area contributed by atoms with Crippen molar-refractivity contribution in [1.29, 1.82) is 0 Å². The van der Waals surface area contributed by atoms with Crippen LogP contribution in [0.2, 0.25) is 0 Å². The molecule has 24 heavy (non-hydrogen) atoms. The van der Waals surface area contributed by atoms with Gasteiger partial charge in [-0.1, -0.05) is 13.8 Å². The minimum absolute atomic E-state index is 0.00506. The first-order valence-electron chi connectivity index (χ1n) is 7.42. The summed E-state index contributed by atoms with van der Waals surface area (Å²) >= 11 is 11.8. The Morgan fingerprint density at radius 2 is 1.96 bits per heavy atom. The van der Waals surface area contributed by atoms with Crippen molar-refractivity contribution in [3.63, 3.8) is 0 Å². The second-order valence-electron chi connectivity index (χ2n) is 5.45. The molecule has 2 rings (SSSR count). The summed E-state index contributed by atoms with van der Waals surface area (Å²) in [7, 11) is -3.78. The van der Waals surface area contributed by atoms with Gasteiger partial charge < -0.3 is 4.74 Å². The fourth-order valence-electron chi connectivity index (χ4n) is 2.28. The summed E-state index contributed by atoms with van der Waals surface area (Å²) in [5.74, 6) is -0.103. The van der Waals surface area contributed by atoms with Gasteiger partial charge in [0.25, 0.3) is 0 Å². The Kier molecular flexibility index (Phi) is 5.64. The molecule has 1 fully saturated rings. The predicted octanol–water partition coefficient (Wildman–Crippen LogP) is 3.20. The van der Waals surface area contributed by atoms with Crippen LogP contribution in [0.3, 0.4) is 0 Å². The lowest BCUT2D eigenvalue weighted by Gasteiger charge is -2.18. The average molecular weight is 397 g/mol. The van der Waals surface area contributed by atoms with E-state index in [2.05, 4.69) is 0 Å². The van der Waals surface area contributed by atoms with E-state index in [0.29, 0.717) is 6.42 Å². The third-order valence-electron chi connectivity index (χ3n) is 3.87. The molecule has 0 bridgehead atoms. The molecule has 0 unspecified atom stereocenters. The molecule has 10 heteroatoms. The molecule has 0 aromatic heterocycles. The maximum Gasteiger partial charge on any atom is 0.312 e. The first kappa shape index (κ1) is 19.2. The largest absolute Gasteiger partial charge is 0.486 e. The lowest BCUT2D eigenvalue weighted by atomic mass is 10.3.